The molecule has 3 aromatic rings. The van der Waals surface area contributed by atoms with Crippen molar-refractivity contribution in [3.63, 3.8) is 0 Å². The molecule has 140 valence electrons. The monoisotopic (exact) mass is 365 g/mol. The summed E-state index contributed by atoms with van der Waals surface area (Å²) in [7, 11) is 0. The molecule has 0 N–H and O–H groups in total. The highest BCUT2D eigenvalue weighted by atomic mass is 16.1. The minimum atomic E-state index is 0.0232. The summed E-state index contributed by atoms with van der Waals surface area (Å²) in [6.07, 6.45) is 10.2. The zero-order chi connectivity index (χ0) is 18.4. The van der Waals surface area contributed by atoms with Gasteiger partial charge in [0.1, 0.15) is 17.5 Å². The Hall–Kier alpha value is -2.61. The first-order chi connectivity index (χ1) is 13.2. The van der Waals surface area contributed by atoms with Crippen LogP contribution in [0.4, 0.5) is 0 Å². The van der Waals surface area contributed by atoms with E-state index in [1.165, 1.54) is 12.8 Å². The van der Waals surface area contributed by atoms with Crippen molar-refractivity contribution in [2.45, 2.75) is 58.2 Å². The zero-order valence-corrected chi connectivity index (χ0v) is 15.5. The third-order valence-electron chi connectivity index (χ3n) is 5.72. The van der Waals surface area contributed by atoms with E-state index < -0.39 is 0 Å². The van der Waals surface area contributed by atoms with E-state index in [1.54, 1.807) is 10.8 Å². The van der Waals surface area contributed by atoms with Crippen LogP contribution in [0.3, 0.4) is 0 Å². The molecule has 1 aliphatic carbocycles. The summed E-state index contributed by atoms with van der Waals surface area (Å²) in [5.74, 6) is 2.96. The van der Waals surface area contributed by atoms with Gasteiger partial charge in [-0.3, -0.25) is 14.3 Å². The maximum Gasteiger partial charge on any atom is 0.279 e. The van der Waals surface area contributed by atoms with Gasteiger partial charge in [-0.05, 0) is 19.8 Å². The number of aryl methyl sites for hydroxylation is 1. The van der Waals surface area contributed by atoms with Gasteiger partial charge in [0.25, 0.3) is 5.56 Å². The molecule has 1 aliphatic heterocycles. The van der Waals surface area contributed by atoms with Crippen LogP contribution in [0.15, 0.2) is 23.4 Å². The van der Waals surface area contributed by atoms with Gasteiger partial charge in [-0.1, -0.05) is 12.8 Å². The van der Waals surface area contributed by atoms with Gasteiger partial charge in [-0.2, -0.15) is 5.10 Å². The van der Waals surface area contributed by atoms with Gasteiger partial charge >= 0.3 is 0 Å². The normalized spacial score (nSPS) is 18.3. The van der Waals surface area contributed by atoms with E-state index in [-0.39, 0.29) is 5.56 Å². The van der Waals surface area contributed by atoms with Gasteiger partial charge in [0, 0.05) is 43.5 Å². The second-order valence-electron chi connectivity index (χ2n) is 7.62. The molecule has 0 radical (unpaired) electrons. The van der Waals surface area contributed by atoms with Crippen molar-refractivity contribution in [3.05, 3.63) is 52.0 Å². The fraction of sp³-hybridized carbons (Fsp3) is 0.526. The van der Waals surface area contributed by atoms with E-state index in [2.05, 4.69) is 19.9 Å². The molecule has 0 unspecified atom stereocenters. The summed E-state index contributed by atoms with van der Waals surface area (Å²) < 4.78 is 3.61. The van der Waals surface area contributed by atoms with E-state index in [4.69, 9.17) is 5.10 Å². The first-order valence-electron chi connectivity index (χ1n) is 9.66. The maximum absolute atomic E-state index is 12.9. The van der Waals surface area contributed by atoms with Gasteiger partial charge in [-0.25, -0.2) is 19.5 Å². The molecule has 0 aromatic carbocycles. The highest BCUT2D eigenvalue weighted by molar-refractivity contribution is 5.43. The second-order valence-corrected chi connectivity index (χ2v) is 7.62. The van der Waals surface area contributed by atoms with Crippen LogP contribution in [0.5, 0.6) is 0 Å². The number of hydrogen-bond donors (Lipinski definition) is 0. The number of fused-ring (bicyclic) bond motifs is 2. The fourth-order valence-corrected chi connectivity index (χ4v) is 4.26. The van der Waals surface area contributed by atoms with E-state index in [1.807, 2.05) is 23.8 Å². The highest BCUT2D eigenvalue weighted by Crippen LogP contribution is 2.33. The molecule has 0 atom stereocenters. The Balaban J connectivity index is 1.47. The number of aromatic nitrogens is 6. The van der Waals surface area contributed by atoms with Crippen molar-refractivity contribution in [1.29, 1.82) is 0 Å². The third-order valence-corrected chi connectivity index (χ3v) is 5.72. The molecule has 4 heterocycles. The summed E-state index contributed by atoms with van der Waals surface area (Å²) >= 11 is 0. The first kappa shape index (κ1) is 16.6. The van der Waals surface area contributed by atoms with Crippen molar-refractivity contribution in [2.75, 3.05) is 6.54 Å². The van der Waals surface area contributed by atoms with Crippen LogP contribution in [-0.4, -0.2) is 40.6 Å². The molecule has 1 saturated carbocycles. The SMILES string of the molecule is Cc1ncc(CN2CCn3c(nn4c(C5CCCC5)ncc4c3=O)C2)cn1. The number of hydrogen-bond acceptors (Lipinski definition) is 6. The standard InChI is InChI=1S/C19H23N7O/c1-13-20-8-14(9-21-13)11-24-6-7-25-17(12-24)23-26-16(19(25)27)10-22-18(26)15-4-2-3-5-15/h8-10,15H,2-7,11-12H2,1H3. The molecule has 8 heteroatoms. The smallest absolute Gasteiger partial charge is 0.279 e. The Kier molecular flexibility index (Phi) is 4.00. The minimum absolute atomic E-state index is 0.0232. The summed E-state index contributed by atoms with van der Waals surface area (Å²) in [6.45, 7) is 4.74. The van der Waals surface area contributed by atoms with Gasteiger partial charge in [0.05, 0.1) is 12.7 Å². The van der Waals surface area contributed by atoms with Gasteiger partial charge < -0.3 is 0 Å². The van der Waals surface area contributed by atoms with Crippen LogP contribution in [0.2, 0.25) is 0 Å². The molecule has 5 rings (SSSR count). The lowest BCUT2D eigenvalue weighted by molar-refractivity contribution is 0.201. The van der Waals surface area contributed by atoms with Crippen molar-refractivity contribution in [1.82, 2.24) is 34.0 Å². The molecule has 0 spiro atoms. The molecule has 3 aromatic heterocycles. The fourth-order valence-electron chi connectivity index (χ4n) is 4.26. The van der Waals surface area contributed by atoms with E-state index >= 15 is 0 Å². The topological polar surface area (TPSA) is 81.2 Å². The quantitative estimate of drug-likeness (QED) is 0.702. The Labute approximate surface area is 156 Å². The zero-order valence-electron chi connectivity index (χ0n) is 15.5. The van der Waals surface area contributed by atoms with Crippen LogP contribution >= 0.6 is 0 Å². The molecular weight excluding hydrogens is 342 g/mol. The molecule has 0 bridgehead atoms. The van der Waals surface area contributed by atoms with Gasteiger partial charge in [-0.15, -0.1) is 0 Å². The lowest BCUT2D eigenvalue weighted by Gasteiger charge is -2.28. The van der Waals surface area contributed by atoms with E-state index in [0.717, 1.165) is 49.0 Å². The number of nitrogens with zero attached hydrogens (tertiary/aromatic N) is 7. The average Bonchev–Trinajstić information content (AvgIpc) is 3.33. The van der Waals surface area contributed by atoms with Crippen LogP contribution in [0.25, 0.3) is 5.52 Å². The van der Waals surface area contributed by atoms with Crippen LogP contribution in [0, 0.1) is 6.92 Å². The van der Waals surface area contributed by atoms with E-state index in [0.29, 0.717) is 24.5 Å². The van der Waals surface area contributed by atoms with Gasteiger partial charge in [0.15, 0.2) is 5.52 Å². The van der Waals surface area contributed by atoms with Crippen LogP contribution < -0.4 is 5.56 Å². The summed E-state index contributed by atoms with van der Waals surface area (Å²) in [4.78, 5) is 28.3. The summed E-state index contributed by atoms with van der Waals surface area (Å²) in [6, 6.07) is 0. The molecule has 2 aliphatic rings. The van der Waals surface area contributed by atoms with E-state index in [9.17, 15) is 4.79 Å². The average molecular weight is 365 g/mol. The van der Waals surface area contributed by atoms with Crippen molar-refractivity contribution in [3.8, 4) is 0 Å². The second kappa shape index (κ2) is 6.53. The lowest BCUT2D eigenvalue weighted by Crippen LogP contribution is -2.40. The van der Waals surface area contributed by atoms with Crippen molar-refractivity contribution < 1.29 is 0 Å². The summed E-state index contributed by atoms with van der Waals surface area (Å²) in [5, 5.41) is 4.83. The molecule has 0 saturated heterocycles. The van der Waals surface area contributed by atoms with Crippen LogP contribution in [-0.2, 0) is 19.6 Å². The maximum atomic E-state index is 12.9. The highest BCUT2D eigenvalue weighted by Gasteiger charge is 2.26. The molecule has 27 heavy (non-hydrogen) atoms. The lowest BCUT2D eigenvalue weighted by atomic mass is 10.1. The minimum Gasteiger partial charge on any atom is -0.291 e. The number of imidazole rings is 1. The molecule has 1 fully saturated rings. The molecule has 0 amide bonds. The Bertz CT molecular complexity index is 1030. The number of rotatable bonds is 3. The first-order valence-corrected chi connectivity index (χ1v) is 9.66. The predicted octanol–water partition coefficient (Wildman–Crippen LogP) is 1.66. The largest absolute Gasteiger partial charge is 0.291 e. The predicted molar refractivity (Wildman–Crippen MR) is 99.3 cm³/mol. The summed E-state index contributed by atoms with van der Waals surface area (Å²) in [5.41, 5.74) is 1.70. The third kappa shape index (κ3) is 2.93. The van der Waals surface area contributed by atoms with Gasteiger partial charge in [0.2, 0.25) is 0 Å². The molecular formula is C19H23N7O. The van der Waals surface area contributed by atoms with Crippen molar-refractivity contribution >= 4 is 5.52 Å². The Morgan fingerprint density at radius 2 is 1.85 bits per heavy atom. The van der Waals surface area contributed by atoms with Crippen LogP contribution in [0.1, 0.15) is 54.6 Å². The molecule has 8 nitrogen and oxygen atoms in total. The Morgan fingerprint density at radius 3 is 2.63 bits per heavy atom. The Morgan fingerprint density at radius 1 is 1.07 bits per heavy atom. The van der Waals surface area contributed by atoms with Crippen molar-refractivity contribution in [2.24, 2.45) is 0 Å².